The van der Waals surface area contributed by atoms with Crippen LogP contribution in [0.15, 0.2) is 29.2 Å². The topological polar surface area (TPSA) is 41.0 Å². The SMILES string of the molecule is CC(C)CNCc1ccc(CN(C)Cc2cscn2)nc1. The highest BCUT2D eigenvalue weighted by atomic mass is 32.1. The lowest BCUT2D eigenvalue weighted by Gasteiger charge is -2.15. The van der Waals surface area contributed by atoms with Crippen molar-refractivity contribution in [3.05, 3.63) is 46.2 Å². The fourth-order valence-corrected chi connectivity index (χ4v) is 2.63. The van der Waals surface area contributed by atoms with E-state index >= 15 is 0 Å². The summed E-state index contributed by atoms with van der Waals surface area (Å²) in [7, 11) is 2.10. The average Bonchev–Trinajstić information content (AvgIpc) is 2.93. The van der Waals surface area contributed by atoms with Crippen molar-refractivity contribution in [2.45, 2.75) is 33.5 Å². The third-order valence-electron chi connectivity index (χ3n) is 3.11. The van der Waals surface area contributed by atoms with E-state index in [1.165, 1.54) is 5.56 Å². The van der Waals surface area contributed by atoms with Crippen molar-refractivity contribution in [2.24, 2.45) is 5.92 Å². The van der Waals surface area contributed by atoms with Crippen molar-refractivity contribution in [2.75, 3.05) is 13.6 Å². The second-order valence-electron chi connectivity index (χ2n) is 5.83. The van der Waals surface area contributed by atoms with E-state index in [0.717, 1.165) is 37.6 Å². The van der Waals surface area contributed by atoms with Gasteiger partial charge in [0.1, 0.15) is 0 Å². The maximum Gasteiger partial charge on any atom is 0.0795 e. The van der Waals surface area contributed by atoms with Crippen molar-refractivity contribution in [1.29, 1.82) is 0 Å². The van der Waals surface area contributed by atoms with Crippen LogP contribution in [-0.2, 0) is 19.6 Å². The Morgan fingerprint density at radius 3 is 2.62 bits per heavy atom. The Balaban J connectivity index is 1.78. The molecule has 2 rings (SSSR count). The number of aromatic nitrogens is 2. The zero-order valence-corrected chi connectivity index (χ0v) is 13.9. The predicted octanol–water partition coefficient (Wildman–Crippen LogP) is 2.92. The highest BCUT2D eigenvalue weighted by Crippen LogP contribution is 2.08. The van der Waals surface area contributed by atoms with Gasteiger partial charge in [-0.2, -0.15) is 0 Å². The minimum absolute atomic E-state index is 0.677. The molecule has 1 N–H and O–H groups in total. The fourth-order valence-electron chi connectivity index (χ4n) is 2.08. The normalized spacial score (nSPS) is 11.5. The van der Waals surface area contributed by atoms with Gasteiger partial charge in [-0.3, -0.25) is 9.88 Å². The molecule has 21 heavy (non-hydrogen) atoms. The Morgan fingerprint density at radius 2 is 2.00 bits per heavy atom. The molecule has 0 aromatic carbocycles. The Hall–Kier alpha value is -1.30. The largest absolute Gasteiger partial charge is 0.312 e. The molecular formula is C16H24N4S. The lowest BCUT2D eigenvalue weighted by atomic mass is 10.2. The van der Waals surface area contributed by atoms with Crippen LogP contribution in [0.25, 0.3) is 0 Å². The number of rotatable bonds is 8. The monoisotopic (exact) mass is 304 g/mol. The van der Waals surface area contributed by atoms with Gasteiger partial charge in [0.05, 0.1) is 16.9 Å². The van der Waals surface area contributed by atoms with Crippen LogP contribution in [0.3, 0.4) is 0 Å². The van der Waals surface area contributed by atoms with Crippen LogP contribution in [0.1, 0.15) is 30.8 Å². The van der Waals surface area contributed by atoms with Crippen molar-refractivity contribution in [1.82, 2.24) is 20.2 Å². The van der Waals surface area contributed by atoms with Crippen LogP contribution in [-0.4, -0.2) is 28.5 Å². The highest BCUT2D eigenvalue weighted by Gasteiger charge is 2.04. The first-order valence-corrected chi connectivity index (χ1v) is 8.28. The Kier molecular flexibility index (Phi) is 6.29. The second-order valence-corrected chi connectivity index (χ2v) is 6.55. The molecule has 2 aromatic heterocycles. The molecule has 4 nitrogen and oxygen atoms in total. The molecule has 0 radical (unpaired) electrons. The van der Waals surface area contributed by atoms with Gasteiger partial charge in [-0.1, -0.05) is 19.9 Å². The lowest BCUT2D eigenvalue weighted by molar-refractivity contribution is 0.312. The number of pyridine rings is 1. The van der Waals surface area contributed by atoms with Crippen LogP contribution in [0.2, 0.25) is 0 Å². The molecule has 114 valence electrons. The Bertz CT molecular complexity index is 508. The maximum atomic E-state index is 4.55. The first-order valence-electron chi connectivity index (χ1n) is 7.33. The molecular weight excluding hydrogens is 280 g/mol. The lowest BCUT2D eigenvalue weighted by Crippen LogP contribution is -2.20. The van der Waals surface area contributed by atoms with Gasteiger partial charge in [-0.05, 0) is 31.1 Å². The summed E-state index contributed by atoms with van der Waals surface area (Å²) in [5.41, 5.74) is 5.33. The summed E-state index contributed by atoms with van der Waals surface area (Å²) in [4.78, 5) is 11.1. The van der Waals surface area contributed by atoms with E-state index in [9.17, 15) is 0 Å². The molecule has 0 saturated heterocycles. The quantitative estimate of drug-likeness (QED) is 0.814. The number of nitrogens with zero attached hydrogens (tertiary/aromatic N) is 3. The van der Waals surface area contributed by atoms with Crippen LogP contribution in [0.4, 0.5) is 0 Å². The molecule has 0 aliphatic carbocycles. The summed E-state index contributed by atoms with van der Waals surface area (Å²) in [6.45, 7) is 8.07. The summed E-state index contributed by atoms with van der Waals surface area (Å²) in [5, 5.41) is 5.52. The molecule has 0 atom stereocenters. The van der Waals surface area contributed by atoms with E-state index in [1.807, 2.05) is 11.7 Å². The third-order valence-corrected chi connectivity index (χ3v) is 3.75. The van der Waals surface area contributed by atoms with Crippen LogP contribution in [0, 0.1) is 5.92 Å². The van der Waals surface area contributed by atoms with E-state index in [2.05, 4.69) is 58.6 Å². The molecule has 0 saturated carbocycles. The van der Waals surface area contributed by atoms with Gasteiger partial charge in [0.25, 0.3) is 0 Å². The number of nitrogens with one attached hydrogen (secondary N) is 1. The summed E-state index contributed by atoms with van der Waals surface area (Å²) in [6, 6.07) is 4.27. The smallest absolute Gasteiger partial charge is 0.0795 e. The van der Waals surface area contributed by atoms with Crippen molar-refractivity contribution in [3.63, 3.8) is 0 Å². The summed E-state index contributed by atoms with van der Waals surface area (Å²) < 4.78 is 0. The van der Waals surface area contributed by atoms with E-state index in [0.29, 0.717) is 5.92 Å². The molecule has 0 aliphatic heterocycles. The van der Waals surface area contributed by atoms with Gasteiger partial charge in [0.2, 0.25) is 0 Å². The first kappa shape index (κ1) is 16.1. The van der Waals surface area contributed by atoms with Crippen LogP contribution >= 0.6 is 11.3 Å². The number of hydrogen-bond donors (Lipinski definition) is 1. The van der Waals surface area contributed by atoms with Gasteiger partial charge in [-0.25, -0.2) is 4.98 Å². The minimum Gasteiger partial charge on any atom is -0.312 e. The van der Waals surface area contributed by atoms with Gasteiger partial charge in [0.15, 0.2) is 0 Å². The van der Waals surface area contributed by atoms with Crippen molar-refractivity contribution < 1.29 is 0 Å². The van der Waals surface area contributed by atoms with Crippen molar-refractivity contribution in [3.8, 4) is 0 Å². The van der Waals surface area contributed by atoms with Gasteiger partial charge in [-0.15, -0.1) is 11.3 Å². The zero-order valence-electron chi connectivity index (χ0n) is 13.0. The van der Waals surface area contributed by atoms with Crippen LogP contribution in [0.5, 0.6) is 0 Å². The Labute approximate surface area is 131 Å². The molecule has 0 unspecified atom stereocenters. The number of hydrogen-bond acceptors (Lipinski definition) is 5. The van der Waals surface area contributed by atoms with Gasteiger partial charge >= 0.3 is 0 Å². The molecule has 5 heteroatoms. The van der Waals surface area contributed by atoms with E-state index in [-0.39, 0.29) is 0 Å². The maximum absolute atomic E-state index is 4.55. The average molecular weight is 304 g/mol. The number of thiazole rings is 1. The summed E-state index contributed by atoms with van der Waals surface area (Å²) >= 11 is 1.64. The van der Waals surface area contributed by atoms with Crippen molar-refractivity contribution >= 4 is 11.3 Å². The summed E-state index contributed by atoms with van der Waals surface area (Å²) in [6.07, 6.45) is 1.97. The molecule has 0 bridgehead atoms. The molecule has 0 fully saturated rings. The molecule has 0 amide bonds. The second kappa shape index (κ2) is 8.22. The molecule has 2 heterocycles. The molecule has 2 aromatic rings. The Morgan fingerprint density at radius 1 is 1.19 bits per heavy atom. The van der Waals surface area contributed by atoms with E-state index in [1.54, 1.807) is 11.3 Å². The first-order chi connectivity index (χ1) is 10.1. The fraction of sp³-hybridized carbons (Fsp3) is 0.500. The molecule has 0 aliphatic rings. The summed E-state index contributed by atoms with van der Waals surface area (Å²) in [5.74, 6) is 0.677. The highest BCUT2D eigenvalue weighted by molar-refractivity contribution is 7.07. The van der Waals surface area contributed by atoms with Crippen LogP contribution < -0.4 is 5.32 Å². The van der Waals surface area contributed by atoms with Gasteiger partial charge < -0.3 is 5.32 Å². The molecule has 0 spiro atoms. The van der Waals surface area contributed by atoms with Gasteiger partial charge in [0, 0.05) is 31.2 Å². The van der Waals surface area contributed by atoms with E-state index < -0.39 is 0 Å². The van der Waals surface area contributed by atoms with E-state index in [4.69, 9.17) is 0 Å². The zero-order chi connectivity index (χ0) is 15.1. The predicted molar refractivity (Wildman–Crippen MR) is 88.1 cm³/mol. The third kappa shape index (κ3) is 5.91. The standard InChI is InChI=1S/C16H24N4S/c1-13(2)6-17-7-14-4-5-15(18-8-14)9-20(3)10-16-11-21-12-19-16/h4-5,8,11-13,17H,6-7,9-10H2,1-3H3. The minimum atomic E-state index is 0.677.